The van der Waals surface area contributed by atoms with Crippen LogP contribution in [-0.4, -0.2) is 12.6 Å². The van der Waals surface area contributed by atoms with Crippen LogP contribution in [-0.2, 0) is 6.42 Å². The number of hydrogen-bond donors (Lipinski definition) is 1. The maximum atomic E-state index is 6.13. The van der Waals surface area contributed by atoms with E-state index in [0.717, 1.165) is 22.9 Å². The Bertz CT molecular complexity index is 395. The molecule has 0 heterocycles. The van der Waals surface area contributed by atoms with Crippen LogP contribution in [0.5, 0.6) is 5.75 Å². The van der Waals surface area contributed by atoms with Crippen molar-refractivity contribution in [3.05, 3.63) is 39.8 Å². The topological polar surface area (TPSA) is 35.2 Å². The molecule has 4 heteroatoms. The lowest BCUT2D eigenvalue weighted by Gasteiger charge is -2.15. The highest BCUT2D eigenvalue weighted by molar-refractivity contribution is 9.11. The van der Waals surface area contributed by atoms with Crippen molar-refractivity contribution in [3.8, 4) is 5.75 Å². The smallest absolute Gasteiger partial charge is 0.141 e. The summed E-state index contributed by atoms with van der Waals surface area (Å²) in [6, 6.07) is 5.85. The monoisotopic (exact) mass is 317 g/mol. The van der Waals surface area contributed by atoms with Gasteiger partial charge in [0, 0.05) is 10.5 Å². The molecule has 1 atom stereocenters. The third-order valence-electron chi connectivity index (χ3n) is 2.43. The van der Waals surface area contributed by atoms with E-state index in [2.05, 4.69) is 29.4 Å². The third-order valence-corrected chi connectivity index (χ3v) is 2.95. The summed E-state index contributed by atoms with van der Waals surface area (Å²) in [6.45, 7) is 6.20. The molecule has 0 aromatic heterocycles. The van der Waals surface area contributed by atoms with E-state index in [-0.39, 0.29) is 6.04 Å². The van der Waals surface area contributed by atoms with Crippen LogP contribution in [0.15, 0.2) is 29.3 Å². The van der Waals surface area contributed by atoms with Crippen molar-refractivity contribution in [1.29, 1.82) is 0 Å². The first-order valence-corrected chi connectivity index (χ1v) is 6.70. The van der Waals surface area contributed by atoms with Crippen LogP contribution in [0.3, 0.4) is 0 Å². The van der Waals surface area contributed by atoms with Crippen LogP contribution in [0.2, 0.25) is 5.02 Å². The van der Waals surface area contributed by atoms with Gasteiger partial charge in [0.2, 0.25) is 0 Å². The normalized spacial score (nSPS) is 12.2. The molecule has 1 unspecified atom stereocenters. The first-order valence-electron chi connectivity index (χ1n) is 5.53. The van der Waals surface area contributed by atoms with Gasteiger partial charge in [0.15, 0.2) is 0 Å². The van der Waals surface area contributed by atoms with Gasteiger partial charge >= 0.3 is 0 Å². The molecule has 0 saturated heterocycles. The molecule has 17 heavy (non-hydrogen) atoms. The lowest BCUT2D eigenvalue weighted by atomic mass is 10.0. The van der Waals surface area contributed by atoms with Crippen LogP contribution in [0.25, 0.3) is 0 Å². The molecule has 2 N–H and O–H groups in total. The molecule has 0 fully saturated rings. The molecule has 0 aliphatic heterocycles. The SMILES string of the molecule is C=C(Br)COc1c(Cl)cccc1CC(N)CC. The molecule has 0 bridgehead atoms. The van der Waals surface area contributed by atoms with Gasteiger partial charge < -0.3 is 10.5 Å². The fraction of sp³-hybridized carbons (Fsp3) is 0.385. The van der Waals surface area contributed by atoms with Crippen molar-refractivity contribution in [2.75, 3.05) is 6.61 Å². The van der Waals surface area contributed by atoms with E-state index in [4.69, 9.17) is 22.1 Å². The second-order valence-electron chi connectivity index (χ2n) is 3.91. The quantitative estimate of drug-likeness (QED) is 0.863. The molecule has 0 spiro atoms. The van der Waals surface area contributed by atoms with Gasteiger partial charge in [0.1, 0.15) is 12.4 Å². The molecule has 2 nitrogen and oxygen atoms in total. The van der Waals surface area contributed by atoms with Gasteiger partial charge in [-0.05, 0) is 24.5 Å². The highest BCUT2D eigenvalue weighted by atomic mass is 79.9. The standard InChI is InChI=1S/C13H17BrClNO/c1-3-11(16)7-10-5-4-6-12(15)13(10)17-8-9(2)14/h4-6,11H,2-3,7-8,16H2,1H3. The third kappa shape index (κ3) is 4.70. The number of rotatable bonds is 6. The molecule has 0 saturated carbocycles. The van der Waals surface area contributed by atoms with Crippen molar-refractivity contribution >= 4 is 27.5 Å². The molecular weight excluding hydrogens is 302 g/mol. The van der Waals surface area contributed by atoms with Crippen molar-refractivity contribution in [1.82, 2.24) is 0 Å². The first-order chi connectivity index (χ1) is 8.04. The van der Waals surface area contributed by atoms with Gasteiger partial charge in [-0.3, -0.25) is 0 Å². The van der Waals surface area contributed by atoms with E-state index in [9.17, 15) is 0 Å². The van der Waals surface area contributed by atoms with Crippen LogP contribution in [0.1, 0.15) is 18.9 Å². The van der Waals surface area contributed by atoms with E-state index in [1.807, 2.05) is 18.2 Å². The largest absolute Gasteiger partial charge is 0.487 e. The highest BCUT2D eigenvalue weighted by Crippen LogP contribution is 2.30. The molecule has 1 rings (SSSR count). The summed E-state index contributed by atoms with van der Waals surface area (Å²) in [7, 11) is 0. The molecular formula is C13H17BrClNO. The summed E-state index contributed by atoms with van der Waals surface area (Å²) in [6.07, 6.45) is 1.69. The van der Waals surface area contributed by atoms with Crippen LogP contribution in [0.4, 0.5) is 0 Å². The van der Waals surface area contributed by atoms with Crippen molar-refractivity contribution < 1.29 is 4.74 Å². The minimum atomic E-state index is 0.128. The lowest BCUT2D eigenvalue weighted by molar-refractivity contribution is 0.356. The van der Waals surface area contributed by atoms with E-state index >= 15 is 0 Å². The molecule has 1 aromatic rings. The van der Waals surface area contributed by atoms with Crippen molar-refractivity contribution in [2.45, 2.75) is 25.8 Å². The van der Waals surface area contributed by atoms with E-state index in [0.29, 0.717) is 17.4 Å². The predicted octanol–water partition coefficient (Wildman–Crippen LogP) is 3.91. The summed E-state index contributed by atoms with van der Waals surface area (Å²) in [4.78, 5) is 0. The second-order valence-corrected chi connectivity index (χ2v) is 5.44. The Kier molecular flexibility index (Phi) is 6.03. The Balaban J connectivity index is 2.87. The minimum Gasteiger partial charge on any atom is -0.487 e. The first kappa shape index (κ1) is 14.6. The molecule has 94 valence electrons. The second kappa shape index (κ2) is 7.04. The van der Waals surface area contributed by atoms with Crippen molar-refractivity contribution in [3.63, 3.8) is 0 Å². The zero-order valence-corrected chi connectivity index (χ0v) is 12.2. The van der Waals surface area contributed by atoms with Crippen molar-refractivity contribution in [2.24, 2.45) is 5.73 Å². The molecule has 0 amide bonds. The van der Waals surface area contributed by atoms with E-state index in [1.54, 1.807) is 0 Å². The van der Waals surface area contributed by atoms with Crippen LogP contribution >= 0.6 is 27.5 Å². The Hall–Kier alpha value is -0.510. The maximum absolute atomic E-state index is 6.13. The summed E-state index contributed by atoms with van der Waals surface area (Å²) in [5, 5.41) is 0.611. The van der Waals surface area contributed by atoms with E-state index in [1.165, 1.54) is 0 Å². The Morgan fingerprint density at radius 3 is 2.88 bits per heavy atom. The fourth-order valence-corrected chi connectivity index (χ4v) is 1.82. The Labute approximate surface area is 116 Å². The predicted molar refractivity (Wildman–Crippen MR) is 77.0 cm³/mol. The summed E-state index contributed by atoms with van der Waals surface area (Å²) < 4.78 is 6.42. The van der Waals surface area contributed by atoms with Gasteiger partial charge in [0.25, 0.3) is 0 Å². The zero-order valence-electron chi connectivity index (χ0n) is 9.88. The van der Waals surface area contributed by atoms with E-state index < -0.39 is 0 Å². The average Bonchev–Trinajstić information content (AvgIpc) is 2.27. The van der Waals surface area contributed by atoms with Gasteiger partial charge in [-0.25, -0.2) is 0 Å². The lowest BCUT2D eigenvalue weighted by Crippen LogP contribution is -2.21. The highest BCUT2D eigenvalue weighted by Gasteiger charge is 2.11. The average molecular weight is 319 g/mol. The summed E-state index contributed by atoms with van der Waals surface area (Å²) in [5.41, 5.74) is 7.00. The number of para-hydroxylation sites is 1. The van der Waals surface area contributed by atoms with Gasteiger partial charge in [0.05, 0.1) is 5.02 Å². The summed E-state index contributed by atoms with van der Waals surface area (Å²) >= 11 is 9.39. The number of halogens is 2. The van der Waals surface area contributed by atoms with Gasteiger partial charge in [-0.1, -0.05) is 53.2 Å². The van der Waals surface area contributed by atoms with Gasteiger partial charge in [-0.2, -0.15) is 0 Å². The van der Waals surface area contributed by atoms with Gasteiger partial charge in [-0.15, -0.1) is 0 Å². The molecule has 0 aliphatic carbocycles. The maximum Gasteiger partial charge on any atom is 0.141 e. The zero-order chi connectivity index (χ0) is 12.8. The number of nitrogens with two attached hydrogens (primary N) is 1. The van der Waals surface area contributed by atoms with Crippen LogP contribution < -0.4 is 10.5 Å². The Morgan fingerprint density at radius 2 is 2.29 bits per heavy atom. The molecule has 1 aromatic carbocycles. The number of ether oxygens (including phenoxy) is 1. The number of benzene rings is 1. The minimum absolute atomic E-state index is 0.128. The van der Waals surface area contributed by atoms with Crippen LogP contribution in [0, 0.1) is 0 Å². The molecule has 0 radical (unpaired) electrons. The summed E-state index contributed by atoms with van der Waals surface area (Å²) in [5.74, 6) is 0.707. The number of hydrogen-bond acceptors (Lipinski definition) is 2. The molecule has 0 aliphatic rings. The fourth-order valence-electron chi connectivity index (χ4n) is 1.45. The Morgan fingerprint density at radius 1 is 1.59 bits per heavy atom.